The Kier molecular flexibility index (Phi) is 6.52. The van der Waals surface area contributed by atoms with Crippen molar-refractivity contribution in [2.45, 2.75) is 0 Å². The molecule has 0 saturated heterocycles. The summed E-state index contributed by atoms with van der Waals surface area (Å²) in [6.45, 7) is 0. The smallest absolute Gasteiger partial charge is 1.00 e. The Morgan fingerprint density at radius 1 is 0.944 bits per heavy atom. The van der Waals surface area contributed by atoms with Crippen LogP contribution in [0.15, 0.2) is 47.8 Å². The normalized spacial score (nSPS) is 9.33. The Morgan fingerprint density at radius 2 is 1.72 bits per heavy atom. The van der Waals surface area contributed by atoms with Crippen LogP contribution in [0.1, 0.15) is 0 Å². The number of halogens is 1. The number of hydrogen-bond donors (Lipinski definition) is 0. The molecule has 5 heteroatoms. The zero-order valence-corrected chi connectivity index (χ0v) is 14.1. The molecule has 0 aliphatic carbocycles. The zero-order chi connectivity index (χ0) is 10.8. The van der Waals surface area contributed by atoms with Gasteiger partial charge >= 0.3 is 23.1 Å². The number of rotatable bonds is 2. The van der Waals surface area contributed by atoms with Crippen molar-refractivity contribution in [1.82, 2.24) is 4.98 Å². The predicted molar refractivity (Wildman–Crippen MR) is 75.5 cm³/mol. The fourth-order valence-electron chi connectivity index (χ4n) is 1.51. The minimum absolute atomic E-state index is 0. The maximum Gasteiger partial charge on any atom is 2.00 e. The van der Waals surface area contributed by atoms with Crippen molar-refractivity contribution >= 4 is 45.7 Å². The van der Waals surface area contributed by atoms with Gasteiger partial charge in [-0.1, -0.05) is 12.1 Å². The van der Waals surface area contributed by atoms with Crippen LogP contribution in [-0.2, 0) is 0 Å². The first-order valence-corrected chi connectivity index (χ1v) is 6.60. The first-order chi connectivity index (χ1) is 7.93. The van der Waals surface area contributed by atoms with E-state index in [1.54, 1.807) is 22.7 Å². The SMILES string of the molecule is [Br-].[Mg+2].[c-]1ccc(-c2cccc(-c3cccs3)n2)s1. The Bertz CT molecular complexity index is 529. The first kappa shape index (κ1) is 15.9. The van der Waals surface area contributed by atoms with Crippen LogP contribution in [0.3, 0.4) is 0 Å². The maximum absolute atomic E-state index is 4.66. The molecule has 18 heavy (non-hydrogen) atoms. The summed E-state index contributed by atoms with van der Waals surface area (Å²) in [6, 6.07) is 14.3. The molecular weight excluding hydrogens is 338 g/mol. The molecule has 0 unspecified atom stereocenters. The van der Waals surface area contributed by atoms with E-state index in [2.05, 4.69) is 27.9 Å². The molecule has 0 aliphatic rings. The Labute approximate surface area is 141 Å². The third kappa shape index (κ3) is 3.42. The van der Waals surface area contributed by atoms with Crippen LogP contribution in [0.4, 0.5) is 0 Å². The van der Waals surface area contributed by atoms with E-state index in [0.717, 1.165) is 11.4 Å². The van der Waals surface area contributed by atoms with Gasteiger partial charge in [-0.25, -0.2) is 0 Å². The molecule has 0 N–H and O–H groups in total. The summed E-state index contributed by atoms with van der Waals surface area (Å²) in [4.78, 5) is 7.03. The Balaban J connectivity index is 0.000000810. The number of thiophene rings is 2. The van der Waals surface area contributed by atoms with Crippen molar-refractivity contribution in [3.05, 3.63) is 53.2 Å². The predicted octanol–water partition coefficient (Wildman–Crippen LogP) is 0.962. The van der Waals surface area contributed by atoms with Crippen LogP contribution < -0.4 is 17.0 Å². The van der Waals surface area contributed by atoms with Crippen LogP contribution in [0.5, 0.6) is 0 Å². The second kappa shape index (κ2) is 7.40. The molecule has 0 spiro atoms. The monoisotopic (exact) mass is 345 g/mol. The summed E-state index contributed by atoms with van der Waals surface area (Å²) in [5.41, 5.74) is 2.07. The van der Waals surface area contributed by atoms with E-state index in [1.807, 2.05) is 30.3 Å². The molecule has 3 aromatic rings. The average molecular weight is 347 g/mol. The standard InChI is InChI=1S/C13H8NS2.BrH.Mg/c1-4-10(12-6-2-8-15-12)14-11(5-1)13-7-3-9-16-13;;/h1-8H;1H;/q-1;;+2/p-1. The van der Waals surface area contributed by atoms with Crippen molar-refractivity contribution in [2.75, 3.05) is 0 Å². The van der Waals surface area contributed by atoms with Crippen LogP contribution in [0.25, 0.3) is 21.1 Å². The van der Waals surface area contributed by atoms with Crippen molar-refractivity contribution < 1.29 is 17.0 Å². The molecule has 0 bridgehead atoms. The molecule has 1 nitrogen and oxygen atoms in total. The van der Waals surface area contributed by atoms with Gasteiger partial charge in [0.25, 0.3) is 0 Å². The van der Waals surface area contributed by atoms with E-state index in [0.29, 0.717) is 0 Å². The first-order valence-electron chi connectivity index (χ1n) is 4.91. The van der Waals surface area contributed by atoms with Gasteiger partial charge in [-0.05, 0) is 23.6 Å². The van der Waals surface area contributed by atoms with Crippen molar-refractivity contribution in [3.63, 3.8) is 0 Å². The van der Waals surface area contributed by atoms with Gasteiger partial charge in [-0.15, -0.1) is 21.6 Å². The van der Waals surface area contributed by atoms with Crippen LogP contribution in [0, 0.1) is 5.38 Å². The average Bonchev–Trinajstić information content (AvgIpc) is 3.03. The number of pyridine rings is 1. The molecule has 0 amide bonds. The fraction of sp³-hybridized carbons (Fsp3) is 0. The van der Waals surface area contributed by atoms with E-state index in [4.69, 9.17) is 0 Å². The van der Waals surface area contributed by atoms with Crippen LogP contribution >= 0.6 is 22.7 Å². The summed E-state index contributed by atoms with van der Waals surface area (Å²) in [5.74, 6) is 0. The molecule has 0 aromatic carbocycles. The van der Waals surface area contributed by atoms with Gasteiger partial charge in [0, 0.05) is 5.69 Å². The summed E-state index contributed by atoms with van der Waals surface area (Å²) in [5, 5.41) is 5.16. The third-order valence-corrected chi connectivity index (χ3v) is 3.96. The number of nitrogens with zero attached hydrogens (tertiary/aromatic N) is 1. The molecule has 0 atom stereocenters. The van der Waals surface area contributed by atoms with E-state index in [-0.39, 0.29) is 40.0 Å². The van der Waals surface area contributed by atoms with E-state index in [1.165, 1.54) is 9.75 Å². The number of hydrogen-bond acceptors (Lipinski definition) is 3. The third-order valence-electron chi connectivity index (χ3n) is 2.25. The van der Waals surface area contributed by atoms with Gasteiger partial charge in [0.15, 0.2) is 0 Å². The summed E-state index contributed by atoms with van der Waals surface area (Å²) in [7, 11) is 0. The molecule has 86 valence electrons. The van der Waals surface area contributed by atoms with Gasteiger partial charge in [0.2, 0.25) is 0 Å². The Morgan fingerprint density at radius 3 is 2.33 bits per heavy atom. The molecule has 0 aliphatic heterocycles. The molecule has 3 heterocycles. The van der Waals surface area contributed by atoms with Crippen LogP contribution in [0.2, 0.25) is 0 Å². The van der Waals surface area contributed by atoms with Gasteiger partial charge in [0.05, 0.1) is 10.6 Å². The van der Waals surface area contributed by atoms with Crippen molar-refractivity contribution in [2.24, 2.45) is 0 Å². The summed E-state index contributed by atoms with van der Waals surface area (Å²) < 4.78 is 0. The topological polar surface area (TPSA) is 12.9 Å². The largest absolute Gasteiger partial charge is 2.00 e. The van der Waals surface area contributed by atoms with Gasteiger partial charge in [0.1, 0.15) is 0 Å². The van der Waals surface area contributed by atoms with Crippen molar-refractivity contribution in [1.29, 1.82) is 0 Å². The number of aromatic nitrogens is 1. The summed E-state index contributed by atoms with van der Waals surface area (Å²) in [6.07, 6.45) is 0. The quantitative estimate of drug-likeness (QED) is 0.498. The van der Waals surface area contributed by atoms with Gasteiger partial charge < -0.3 is 17.0 Å². The minimum Gasteiger partial charge on any atom is -1.00 e. The second-order valence-electron chi connectivity index (χ2n) is 3.30. The molecule has 3 aromatic heterocycles. The Hall–Kier alpha value is -0.204. The summed E-state index contributed by atoms with van der Waals surface area (Å²) >= 11 is 3.31. The van der Waals surface area contributed by atoms with Crippen molar-refractivity contribution in [3.8, 4) is 21.1 Å². The van der Waals surface area contributed by atoms with E-state index in [9.17, 15) is 0 Å². The van der Waals surface area contributed by atoms with Crippen LogP contribution in [-0.4, -0.2) is 28.0 Å². The fourth-order valence-corrected chi connectivity index (χ4v) is 2.83. The molecule has 0 saturated carbocycles. The molecule has 0 fully saturated rings. The van der Waals surface area contributed by atoms with Gasteiger partial charge in [-0.3, -0.25) is 16.3 Å². The zero-order valence-electron chi connectivity index (χ0n) is 9.47. The molecule has 0 radical (unpaired) electrons. The van der Waals surface area contributed by atoms with Gasteiger partial charge in [-0.2, -0.15) is 12.1 Å². The van der Waals surface area contributed by atoms with E-state index < -0.39 is 0 Å². The molecule has 3 rings (SSSR count). The van der Waals surface area contributed by atoms with E-state index >= 15 is 0 Å². The molecular formula is C13H8BrMgNS2. The second-order valence-corrected chi connectivity index (χ2v) is 5.13. The maximum atomic E-state index is 4.66. The minimum atomic E-state index is 0.